The van der Waals surface area contributed by atoms with Gasteiger partial charge in [0.2, 0.25) is 0 Å². The molecular weight excluding hydrogens is 234 g/mol. The minimum atomic E-state index is -0.510. The van der Waals surface area contributed by atoms with Gasteiger partial charge in [-0.15, -0.1) is 0 Å². The lowest BCUT2D eigenvalue weighted by Gasteiger charge is -2.34. The van der Waals surface area contributed by atoms with Crippen molar-refractivity contribution in [2.24, 2.45) is 0 Å². The van der Waals surface area contributed by atoms with E-state index in [9.17, 15) is 9.90 Å². The molecule has 100 valence electrons. The molecule has 0 radical (unpaired) electrons. The molecule has 1 aromatic rings. The molecule has 1 aliphatic rings. The summed E-state index contributed by atoms with van der Waals surface area (Å²) in [7, 11) is 0. The van der Waals surface area contributed by atoms with Crippen LogP contribution in [0.3, 0.4) is 0 Å². The predicted octanol–water partition coefficient (Wildman–Crippen LogP) is 1.17. The van der Waals surface area contributed by atoms with Crippen LogP contribution < -0.4 is 0 Å². The highest BCUT2D eigenvalue weighted by Gasteiger charge is 2.30. The van der Waals surface area contributed by atoms with Gasteiger partial charge in [0.1, 0.15) is 5.60 Å². The number of carbonyl (C=O) groups excluding carboxylic acids is 1. The summed E-state index contributed by atoms with van der Waals surface area (Å²) in [6, 6.07) is -0.149. The summed E-state index contributed by atoms with van der Waals surface area (Å²) >= 11 is 0. The predicted molar refractivity (Wildman–Crippen MR) is 65.0 cm³/mol. The normalized spacial score (nSPS) is 19.6. The largest absolute Gasteiger partial charge is 0.444 e. The fraction of sp³-hybridized carbons (Fsp3) is 0.667. The number of carbonyl (C=O) groups is 1. The highest BCUT2D eigenvalue weighted by Crippen LogP contribution is 2.22. The number of aliphatic hydroxyl groups is 1. The second kappa shape index (κ2) is 4.61. The molecule has 1 aromatic heterocycles. The van der Waals surface area contributed by atoms with E-state index in [1.807, 2.05) is 25.3 Å². The molecule has 6 nitrogen and oxygen atoms in total. The molecule has 0 bridgehead atoms. The quantitative estimate of drug-likeness (QED) is 0.815. The smallest absolute Gasteiger partial charge is 0.410 e. The van der Waals surface area contributed by atoms with E-state index >= 15 is 0 Å². The number of nitrogens with zero attached hydrogens (tertiary/aromatic N) is 3. The first-order valence-corrected chi connectivity index (χ1v) is 6.00. The van der Waals surface area contributed by atoms with Crippen LogP contribution in [0.4, 0.5) is 4.79 Å². The van der Waals surface area contributed by atoms with E-state index < -0.39 is 5.60 Å². The lowest BCUT2D eigenvalue weighted by atomic mass is 10.2. The Kier molecular flexibility index (Phi) is 3.30. The first-order chi connectivity index (χ1) is 8.40. The van der Waals surface area contributed by atoms with Crippen molar-refractivity contribution in [3.8, 4) is 0 Å². The third-order valence-electron chi connectivity index (χ3n) is 2.79. The standard InChI is InChI=1S/C12H19N3O3/c1-12(2,3)18-11(17)14-5-9-4-13-8-15(9)10(6-14)7-16/h4,8,10,16H,5-7H2,1-3H3/t10-/m0/s1. The van der Waals surface area contributed by atoms with E-state index in [2.05, 4.69) is 4.98 Å². The van der Waals surface area contributed by atoms with Crippen molar-refractivity contribution >= 4 is 6.09 Å². The lowest BCUT2D eigenvalue weighted by molar-refractivity contribution is 0.0140. The Morgan fingerprint density at radius 3 is 2.94 bits per heavy atom. The Morgan fingerprint density at radius 1 is 1.61 bits per heavy atom. The maximum absolute atomic E-state index is 12.0. The Morgan fingerprint density at radius 2 is 2.33 bits per heavy atom. The summed E-state index contributed by atoms with van der Waals surface area (Å²) < 4.78 is 7.24. The van der Waals surface area contributed by atoms with Gasteiger partial charge in [-0.25, -0.2) is 9.78 Å². The summed E-state index contributed by atoms with van der Waals surface area (Å²) in [4.78, 5) is 17.6. The van der Waals surface area contributed by atoms with Crippen molar-refractivity contribution in [1.29, 1.82) is 0 Å². The molecule has 0 saturated carbocycles. The van der Waals surface area contributed by atoms with E-state index in [-0.39, 0.29) is 18.7 Å². The summed E-state index contributed by atoms with van der Waals surface area (Å²) in [5.74, 6) is 0. The number of hydrogen-bond donors (Lipinski definition) is 1. The van der Waals surface area contributed by atoms with E-state index in [0.29, 0.717) is 13.1 Å². The number of aromatic nitrogens is 2. The second-order valence-corrected chi connectivity index (χ2v) is 5.49. The zero-order valence-electron chi connectivity index (χ0n) is 11.0. The third-order valence-corrected chi connectivity index (χ3v) is 2.79. The Labute approximate surface area is 106 Å². The molecule has 1 atom stereocenters. The number of ether oxygens (including phenoxy) is 1. The maximum Gasteiger partial charge on any atom is 0.410 e. The number of fused-ring (bicyclic) bond motifs is 1. The van der Waals surface area contributed by atoms with Gasteiger partial charge in [-0.3, -0.25) is 0 Å². The van der Waals surface area contributed by atoms with Crippen molar-refractivity contribution < 1.29 is 14.6 Å². The fourth-order valence-corrected chi connectivity index (χ4v) is 2.00. The lowest BCUT2D eigenvalue weighted by Crippen LogP contribution is -2.44. The number of amides is 1. The van der Waals surface area contributed by atoms with Crippen LogP contribution in [0.2, 0.25) is 0 Å². The molecule has 0 saturated heterocycles. The topological polar surface area (TPSA) is 67.6 Å². The van der Waals surface area contributed by atoms with Gasteiger partial charge < -0.3 is 19.3 Å². The van der Waals surface area contributed by atoms with E-state index in [4.69, 9.17) is 4.74 Å². The highest BCUT2D eigenvalue weighted by molar-refractivity contribution is 5.68. The molecular formula is C12H19N3O3. The molecule has 1 amide bonds. The van der Waals surface area contributed by atoms with Crippen molar-refractivity contribution in [3.63, 3.8) is 0 Å². The van der Waals surface area contributed by atoms with Gasteiger partial charge in [0.15, 0.2) is 0 Å². The highest BCUT2D eigenvalue weighted by atomic mass is 16.6. The summed E-state index contributed by atoms with van der Waals surface area (Å²) in [5.41, 5.74) is 0.398. The Balaban J connectivity index is 2.12. The molecule has 6 heteroatoms. The average molecular weight is 253 g/mol. The van der Waals surface area contributed by atoms with Crippen LogP contribution in [0, 0.1) is 0 Å². The fourth-order valence-electron chi connectivity index (χ4n) is 2.00. The summed E-state index contributed by atoms with van der Waals surface area (Å²) in [5, 5.41) is 9.36. The van der Waals surface area contributed by atoms with E-state index in [1.54, 1.807) is 17.4 Å². The van der Waals surface area contributed by atoms with Crippen molar-refractivity contribution in [1.82, 2.24) is 14.5 Å². The van der Waals surface area contributed by atoms with Crippen molar-refractivity contribution in [2.75, 3.05) is 13.2 Å². The third kappa shape index (κ3) is 2.64. The molecule has 0 unspecified atom stereocenters. The molecule has 2 heterocycles. The average Bonchev–Trinajstić information content (AvgIpc) is 2.73. The van der Waals surface area contributed by atoms with E-state index in [1.165, 1.54) is 0 Å². The van der Waals surface area contributed by atoms with Gasteiger partial charge in [-0.05, 0) is 20.8 Å². The summed E-state index contributed by atoms with van der Waals surface area (Å²) in [6.07, 6.45) is 3.04. The van der Waals surface area contributed by atoms with Crippen LogP contribution >= 0.6 is 0 Å². The number of imidazole rings is 1. The number of hydrogen-bond acceptors (Lipinski definition) is 4. The second-order valence-electron chi connectivity index (χ2n) is 5.49. The minimum Gasteiger partial charge on any atom is -0.444 e. The molecule has 0 spiro atoms. The van der Waals surface area contributed by atoms with Gasteiger partial charge in [0.25, 0.3) is 0 Å². The van der Waals surface area contributed by atoms with Crippen molar-refractivity contribution in [2.45, 2.75) is 39.0 Å². The molecule has 0 aromatic carbocycles. The Bertz CT molecular complexity index is 436. The molecule has 2 rings (SSSR count). The van der Waals surface area contributed by atoms with Crippen LogP contribution in [0.15, 0.2) is 12.5 Å². The van der Waals surface area contributed by atoms with Crippen LogP contribution in [-0.2, 0) is 11.3 Å². The van der Waals surface area contributed by atoms with Gasteiger partial charge in [0, 0.05) is 12.7 Å². The van der Waals surface area contributed by atoms with Crippen LogP contribution in [0.1, 0.15) is 32.5 Å². The number of rotatable bonds is 1. The van der Waals surface area contributed by atoms with Crippen LogP contribution in [0.5, 0.6) is 0 Å². The maximum atomic E-state index is 12.0. The van der Waals surface area contributed by atoms with Gasteiger partial charge >= 0.3 is 6.09 Å². The molecule has 18 heavy (non-hydrogen) atoms. The zero-order chi connectivity index (χ0) is 13.3. The van der Waals surface area contributed by atoms with Crippen LogP contribution in [0.25, 0.3) is 0 Å². The minimum absolute atomic E-state index is 0.0251. The van der Waals surface area contributed by atoms with Crippen LogP contribution in [-0.4, -0.2) is 44.4 Å². The first kappa shape index (κ1) is 12.9. The Hall–Kier alpha value is -1.56. The molecule has 1 aliphatic heterocycles. The molecule has 0 fully saturated rings. The molecule has 0 aliphatic carbocycles. The SMILES string of the molecule is CC(C)(C)OC(=O)N1Cc2cncn2[C@H](CO)C1. The molecule has 1 N–H and O–H groups in total. The first-order valence-electron chi connectivity index (χ1n) is 6.00. The number of aliphatic hydroxyl groups excluding tert-OH is 1. The summed E-state index contributed by atoms with van der Waals surface area (Å²) in [6.45, 7) is 6.39. The van der Waals surface area contributed by atoms with E-state index in [0.717, 1.165) is 5.69 Å². The van der Waals surface area contributed by atoms with Gasteiger partial charge in [-0.1, -0.05) is 0 Å². The zero-order valence-corrected chi connectivity index (χ0v) is 11.0. The van der Waals surface area contributed by atoms with Crippen molar-refractivity contribution in [3.05, 3.63) is 18.2 Å². The van der Waals surface area contributed by atoms with Gasteiger partial charge in [-0.2, -0.15) is 0 Å². The van der Waals surface area contributed by atoms with Gasteiger partial charge in [0.05, 0.1) is 31.2 Å². The monoisotopic (exact) mass is 253 g/mol.